The molecule has 1 aromatic carbocycles. The molecule has 3 heterocycles. The Labute approximate surface area is 183 Å². The van der Waals surface area contributed by atoms with Gasteiger partial charge in [-0.2, -0.15) is 0 Å². The molecule has 1 aliphatic rings. The van der Waals surface area contributed by atoms with Crippen molar-refractivity contribution < 1.29 is 4.79 Å². The summed E-state index contributed by atoms with van der Waals surface area (Å²) in [6.07, 6.45) is 5.99. The molecular weight excluding hydrogens is 396 g/mol. The van der Waals surface area contributed by atoms with Gasteiger partial charge in [-0.3, -0.25) is 4.79 Å². The molecule has 5 nitrogen and oxygen atoms in total. The molecule has 0 unspecified atom stereocenters. The van der Waals surface area contributed by atoms with Crippen molar-refractivity contribution in [3.05, 3.63) is 58.9 Å². The number of pyridine rings is 1. The van der Waals surface area contributed by atoms with Crippen LogP contribution in [0.5, 0.6) is 0 Å². The van der Waals surface area contributed by atoms with Crippen molar-refractivity contribution >= 4 is 23.2 Å². The van der Waals surface area contributed by atoms with E-state index in [-0.39, 0.29) is 5.91 Å². The molecule has 0 N–H and O–H groups in total. The summed E-state index contributed by atoms with van der Waals surface area (Å²) in [5, 5.41) is 0.627. The number of rotatable bonds is 6. The Kier molecular flexibility index (Phi) is 6.40. The molecule has 4 rings (SSSR count). The molecule has 1 amide bonds. The average molecular weight is 425 g/mol. The summed E-state index contributed by atoms with van der Waals surface area (Å²) in [5.74, 6) is 0.0992. The van der Waals surface area contributed by atoms with Crippen LogP contribution < -0.4 is 0 Å². The van der Waals surface area contributed by atoms with Crippen LogP contribution in [0.2, 0.25) is 5.02 Å². The number of imidazole rings is 1. The molecule has 0 saturated carbocycles. The van der Waals surface area contributed by atoms with Crippen LogP contribution in [0, 0.1) is 6.92 Å². The molecule has 3 aromatic rings. The van der Waals surface area contributed by atoms with Gasteiger partial charge in [-0.1, -0.05) is 47.9 Å². The molecule has 1 saturated heterocycles. The number of aryl methyl sites for hydroxylation is 1. The fourth-order valence-corrected chi connectivity index (χ4v) is 4.22. The number of halogens is 1. The van der Waals surface area contributed by atoms with Crippen LogP contribution in [0.15, 0.2) is 42.6 Å². The molecule has 0 atom stereocenters. The highest BCUT2D eigenvalue weighted by Gasteiger charge is 2.20. The van der Waals surface area contributed by atoms with Crippen molar-refractivity contribution in [3.8, 4) is 11.3 Å². The Balaban J connectivity index is 1.57. The number of amides is 1. The molecule has 0 spiro atoms. The second-order valence-electron chi connectivity index (χ2n) is 8.24. The van der Waals surface area contributed by atoms with Crippen LogP contribution in [0.4, 0.5) is 0 Å². The maximum Gasteiger partial charge on any atom is 0.228 e. The molecule has 1 aliphatic heterocycles. The highest BCUT2D eigenvalue weighted by atomic mass is 35.5. The Morgan fingerprint density at radius 1 is 1.10 bits per heavy atom. The van der Waals surface area contributed by atoms with Crippen molar-refractivity contribution in [2.75, 3.05) is 33.2 Å². The molecule has 1 fully saturated rings. The number of aromatic nitrogens is 2. The summed E-state index contributed by atoms with van der Waals surface area (Å²) in [6.45, 7) is 6.04. The SMILES string of the molecule is Cc1ccc(-c2nc3ccc(Cl)cn3c2CC(=O)N(C)CCN2CCCCC2)cc1. The number of carbonyl (C=O) groups is 1. The smallest absolute Gasteiger partial charge is 0.228 e. The fourth-order valence-electron chi connectivity index (χ4n) is 4.06. The summed E-state index contributed by atoms with van der Waals surface area (Å²) in [7, 11) is 1.90. The summed E-state index contributed by atoms with van der Waals surface area (Å²) >= 11 is 6.25. The lowest BCUT2D eigenvalue weighted by atomic mass is 10.1. The number of piperidine rings is 1. The second-order valence-corrected chi connectivity index (χ2v) is 8.68. The van der Waals surface area contributed by atoms with E-state index in [9.17, 15) is 4.79 Å². The van der Waals surface area contributed by atoms with E-state index in [2.05, 4.69) is 36.1 Å². The summed E-state index contributed by atoms with van der Waals surface area (Å²) in [5.41, 5.74) is 4.73. The number of carbonyl (C=O) groups excluding carboxylic acids is 1. The first kappa shape index (κ1) is 20.9. The topological polar surface area (TPSA) is 40.9 Å². The van der Waals surface area contributed by atoms with Crippen molar-refractivity contribution in [2.45, 2.75) is 32.6 Å². The van der Waals surface area contributed by atoms with Crippen LogP contribution in [0.25, 0.3) is 16.9 Å². The Bertz CT molecular complexity index is 1020. The minimum absolute atomic E-state index is 0.0992. The van der Waals surface area contributed by atoms with Gasteiger partial charge in [0.05, 0.1) is 22.8 Å². The van der Waals surface area contributed by atoms with E-state index in [1.807, 2.05) is 34.7 Å². The Morgan fingerprint density at radius 2 is 1.83 bits per heavy atom. The van der Waals surface area contributed by atoms with Crippen LogP contribution in [0.3, 0.4) is 0 Å². The third-order valence-corrected chi connectivity index (χ3v) is 6.17. The normalized spacial score (nSPS) is 14.9. The molecule has 6 heteroatoms. The molecule has 0 aliphatic carbocycles. The lowest BCUT2D eigenvalue weighted by Gasteiger charge is -2.28. The van der Waals surface area contributed by atoms with Crippen molar-refractivity contribution in [1.29, 1.82) is 0 Å². The minimum Gasteiger partial charge on any atom is -0.344 e. The van der Waals surface area contributed by atoms with Gasteiger partial charge in [0.1, 0.15) is 5.65 Å². The van der Waals surface area contributed by atoms with E-state index in [0.29, 0.717) is 11.4 Å². The zero-order valence-electron chi connectivity index (χ0n) is 17.8. The standard InChI is InChI=1S/C24H29ClN4O/c1-18-6-8-19(9-7-18)24-21(29-17-20(25)10-11-22(29)26-24)16-23(30)27(2)14-15-28-12-4-3-5-13-28/h6-11,17H,3-5,12-16H2,1-2H3. The first-order chi connectivity index (χ1) is 14.5. The summed E-state index contributed by atoms with van der Waals surface area (Å²) in [6, 6.07) is 12.0. The highest BCUT2D eigenvalue weighted by molar-refractivity contribution is 6.30. The first-order valence-corrected chi connectivity index (χ1v) is 11.1. The fraction of sp³-hybridized carbons (Fsp3) is 0.417. The van der Waals surface area contributed by atoms with Gasteiger partial charge < -0.3 is 14.2 Å². The van der Waals surface area contributed by atoms with Gasteiger partial charge in [0, 0.05) is 31.9 Å². The predicted octanol–water partition coefficient (Wildman–Crippen LogP) is 4.45. The summed E-state index contributed by atoms with van der Waals surface area (Å²) in [4.78, 5) is 22.2. The summed E-state index contributed by atoms with van der Waals surface area (Å²) < 4.78 is 1.95. The van der Waals surface area contributed by atoms with E-state index < -0.39 is 0 Å². The van der Waals surface area contributed by atoms with Gasteiger partial charge in [0.15, 0.2) is 0 Å². The Hall–Kier alpha value is -2.37. The molecular formula is C24H29ClN4O. The average Bonchev–Trinajstić information content (AvgIpc) is 3.10. The number of hydrogen-bond donors (Lipinski definition) is 0. The third kappa shape index (κ3) is 4.68. The minimum atomic E-state index is 0.0992. The van der Waals surface area contributed by atoms with Crippen LogP contribution in [-0.4, -0.2) is 58.3 Å². The van der Waals surface area contributed by atoms with E-state index in [1.165, 1.54) is 24.8 Å². The van der Waals surface area contributed by atoms with E-state index >= 15 is 0 Å². The quantitative estimate of drug-likeness (QED) is 0.587. The zero-order chi connectivity index (χ0) is 21.1. The van der Waals surface area contributed by atoms with Crippen molar-refractivity contribution in [1.82, 2.24) is 19.2 Å². The Morgan fingerprint density at radius 3 is 2.57 bits per heavy atom. The van der Waals surface area contributed by atoms with Crippen LogP contribution >= 0.6 is 11.6 Å². The number of nitrogens with zero attached hydrogens (tertiary/aromatic N) is 4. The third-order valence-electron chi connectivity index (χ3n) is 5.95. The number of likely N-dealkylation sites (N-methyl/N-ethyl adjacent to an activating group) is 1. The van der Waals surface area contributed by atoms with E-state index in [0.717, 1.165) is 48.8 Å². The zero-order valence-corrected chi connectivity index (χ0v) is 18.5. The van der Waals surface area contributed by atoms with Crippen molar-refractivity contribution in [2.24, 2.45) is 0 Å². The van der Waals surface area contributed by atoms with Gasteiger partial charge in [0.2, 0.25) is 5.91 Å². The number of fused-ring (bicyclic) bond motifs is 1. The van der Waals surface area contributed by atoms with Gasteiger partial charge in [-0.15, -0.1) is 0 Å². The van der Waals surface area contributed by atoms with Gasteiger partial charge in [0.25, 0.3) is 0 Å². The van der Waals surface area contributed by atoms with Crippen LogP contribution in [0.1, 0.15) is 30.5 Å². The van der Waals surface area contributed by atoms with Gasteiger partial charge in [-0.25, -0.2) is 4.98 Å². The highest BCUT2D eigenvalue weighted by Crippen LogP contribution is 2.27. The van der Waals surface area contributed by atoms with Crippen molar-refractivity contribution in [3.63, 3.8) is 0 Å². The van der Waals surface area contributed by atoms with E-state index in [1.54, 1.807) is 0 Å². The monoisotopic (exact) mass is 424 g/mol. The number of benzene rings is 1. The second kappa shape index (κ2) is 9.19. The maximum absolute atomic E-state index is 13.1. The lowest BCUT2D eigenvalue weighted by Crippen LogP contribution is -2.39. The molecule has 0 radical (unpaired) electrons. The number of likely N-dealkylation sites (tertiary alicyclic amines) is 1. The van der Waals surface area contributed by atoms with Crippen LogP contribution in [-0.2, 0) is 11.2 Å². The largest absolute Gasteiger partial charge is 0.344 e. The van der Waals surface area contributed by atoms with Gasteiger partial charge >= 0.3 is 0 Å². The molecule has 30 heavy (non-hydrogen) atoms. The molecule has 2 aromatic heterocycles. The number of hydrogen-bond acceptors (Lipinski definition) is 3. The first-order valence-electron chi connectivity index (χ1n) is 10.7. The predicted molar refractivity (Wildman–Crippen MR) is 122 cm³/mol. The van der Waals surface area contributed by atoms with Gasteiger partial charge in [-0.05, 0) is 45.0 Å². The molecule has 0 bridgehead atoms. The van der Waals surface area contributed by atoms with E-state index in [4.69, 9.17) is 16.6 Å². The molecule has 158 valence electrons. The maximum atomic E-state index is 13.1. The lowest BCUT2D eigenvalue weighted by molar-refractivity contribution is -0.129.